The Hall–Kier alpha value is -1.06. The summed E-state index contributed by atoms with van der Waals surface area (Å²) in [6.45, 7) is 2.81. The van der Waals surface area contributed by atoms with Crippen LogP contribution in [0.1, 0.15) is 36.8 Å². The fourth-order valence-corrected chi connectivity index (χ4v) is 2.58. The Morgan fingerprint density at radius 2 is 2.00 bits per heavy atom. The van der Waals surface area contributed by atoms with Crippen LogP contribution in [0.3, 0.4) is 0 Å². The lowest BCUT2D eigenvalue weighted by Gasteiger charge is -2.28. The van der Waals surface area contributed by atoms with Crippen molar-refractivity contribution in [3.05, 3.63) is 29.3 Å². The third-order valence-electron chi connectivity index (χ3n) is 3.75. The Balaban J connectivity index is 2.03. The molecule has 0 unspecified atom stereocenters. The van der Waals surface area contributed by atoms with E-state index in [1.165, 1.54) is 12.8 Å². The van der Waals surface area contributed by atoms with Crippen LogP contribution in [0.5, 0.6) is 5.75 Å². The van der Waals surface area contributed by atoms with Crippen LogP contribution in [0.25, 0.3) is 0 Å². The van der Waals surface area contributed by atoms with Gasteiger partial charge in [0, 0.05) is 17.6 Å². The van der Waals surface area contributed by atoms with E-state index in [-0.39, 0.29) is 12.1 Å². The molecule has 2 rings (SSSR count). The second kappa shape index (κ2) is 5.07. The summed E-state index contributed by atoms with van der Waals surface area (Å²) in [4.78, 5) is 0. The predicted molar refractivity (Wildman–Crippen MR) is 68.0 cm³/mol. The van der Waals surface area contributed by atoms with E-state index in [1.54, 1.807) is 6.07 Å². The van der Waals surface area contributed by atoms with Gasteiger partial charge in [-0.2, -0.15) is 0 Å². The molecule has 1 aromatic rings. The molecule has 3 N–H and O–H groups in total. The number of hydrogen-bond donors (Lipinski definition) is 3. The van der Waals surface area contributed by atoms with Gasteiger partial charge in [-0.1, -0.05) is 30.5 Å². The summed E-state index contributed by atoms with van der Waals surface area (Å²) in [7, 11) is 0. The Morgan fingerprint density at radius 1 is 1.29 bits per heavy atom. The molecule has 1 fully saturated rings. The number of nitrogens with one attached hydrogen (secondary N) is 1. The van der Waals surface area contributed by atoms with Crippen molar-refractivity contribution < 1.29 is 10.2 Å². The van der Waals surface area contributed by atoms with Gasteiger partial charge in [0.1, 0.15) is 5.75 Å². The van der Waals surface area contributed by atoms with Gasteiger partial charge < -0.3 is 15.5 Å². The minimum atomic E-state index is -0.129. The van der Waals surface area contributed by atoms with E-state index in [9.17, 15) is 10.2 Å². The molecule has 0 bridgehead atoms. The Morgan fingerprint density at radius 3 is 2.65 bits per heavy atom. The molecule has 0 aliphatic heterocycles. The largest absolute Gasteiger partial charge is 0.508 e. The molecule has 1 aromatic carbocycles. The second-order valence-electron chi connectivity index (χ2n) is 5.13. The van der Waals surface area contributed by atoms with Gasteiger partial charge in [0.15, 0.2) is 0 Å². The van der Waals surface area contributed by atoms with Gasteiger partial charge in [-0.25, -0.2) is 0 Å². The van der Waals surface area contributed by atoms with E-state index in [2.05, 4.69) is 5.32 Å². The lowest BCUT2D eigenvalue weighted by atomic mass is 9.98. The van der Waals surface area contributed by atoms with Crippen LogP contribution in [0.4, 0.5) is 0 Å². The third-order valence-corrected chi connectivity index (χ3v) is 3.75. The highest BCUT2D eigenvalue weighted by Gasteiger charge is 2.32. The van der Waals surface area contributed by atoms with E-state index in [0.29, 0.717) is 12.3 Å². The highest BCUT2D eigenvalue weighted by atomic mass is 16.3. The summed E-state index contributed by atoms with van der Waals surface area (Å²) in [6, 6.07) is 5.62. The third kappa shape index (κ3) is 2.79. The number of aryl methyl sites for hydroxylation is 1. The van der Waals surface area contributed by atoms with Gasteiger partial charge in [0.25, 0.3) is 0 Å². The summed E-state index contributed by atoms with van der Waals surface area (Å²) < 4.78 is 0. The lowest BCUT2D eigenvalue weighted by molar-refractivity contribution is 0.162. The molecule has 0 radical (unpaired) electrons. The fraction of sp³-hybridized carbons (Fsp3) is 0.571. The average Bonchev–Trinajstić information content (AvgIpc) is 2.80. The second-order valence-corrected chi connectivity index (χ2v) is 5.13. The quantitative estimate of drug-likeness (QED) is 0.749. The summed E-state index contributed by atoms with van der Waals surface area (Å²) in [5.74, 6) is 0.328. The molecule has 94 valence electrons. The van der Waals surface area contributed by atoms with E-state index >= 15 is 0 Å². The first-order valence-electron chi connectivity index (χ1n) is 6.30. The van der Waals surface area contributed by atoms with Crippen LogP contribution in [0, 0.1) is 6.92 Å². The van der Waals surface area contributed by atoms with Crippen molar-refractivity contribution in [2.45, 2.75) is 44.7 Å². The highest BCUT2D eigenvalue weighted by molar-refractivity contribution is 5.35. The number of phenolic OH excluding ortho intramolecular Hbond substituents is 1. The van der Waals surface area contributed by atoms with E-state index in [1.807, 2.05) is 19.1 Å². The first-order chi connectivity index (χ1) is 8.15. The number of hydrogen-bond acceptors (Lipinski definition) is 3. The summed E-state index contributed by atoms with van der Waals surface area (Å²) in [6.07, 6.45) is 4.40. The smallest absolute Gasteiger partial charge is 0.120 e. The molecule has 1 aliphatic carbocycles. The molecular weight excluding hydrogens is 214 g/mol. The summed E-state index contributed by atoms with van der Waals surface area (Å²) >= 11 is 0. The van der Waals surface area contributed by atoms with Crippen molar-refractivity contribution in [3.8, 4) is 5.75 Å². The van der Waals surface area contributed by atoms with E-state index in [0.717, 1.165) is 24.0 Å². The number of phenols is 1. The summed E-state index contributed by atoms with van der Waals surface area (Å²) in [5, 5.41) is 22.7. The van der Waals surface area contributed by atoms with Crippen molar-refractivity contribution in [2.24, 2.45) is 0 Å². The molecule has 1 aliphatic rings. The minimum Gasteiger partial charge on any atom is -0.508 e. The van der Waals surface area contributed by atoms with Crippen LogP contribution in [0.15, 0.2) is 18.2 Å². The van der Waals surface area contributed by atoms with Gasteiger partial charge in [-0.3, -0.25) is 0 Å². The zero-order valence-corrected chi connectivity index (χ0v) is 10.4. The van der Waals surface area contributed by atoms with Crippen LogP contribution >= 0.6 is 0 Å². The number of rotatable bonds is 4. The van der Waals surface area contributed by atoms with Gasteiger partial charge in [0.05, 0.1) is 6.61 Å². The van der Waals surface area contributed by atoms with Crippen molar-refractivity contribution >= 4 is 0 Å². The summed E-state index contributed by atoms with van der Waals surface area (Å²) in [5.41, 5.74) is 1.92. The van der Waals surface area contributed by atoms with Crippen molar-refractivity contribution in [3.63, 3.8) is 0 Å². The van der Waals surface area contributed by atoms with Crippen molar-refractivity contribution in [2.75, 3.05) is 6.61 Å². The maximum absolute atomic E-state index is 9.76. The normalized spacial score (nSPS) is 18.5. The topological polar surface area (TPSA) is 52.5 Å². The molecule has 17 heavy (non-hydrogen) atoms. The van der Waals surface area contributed by atoms with Crippen LogP contribution in [0.2, 0.25) is 0 Å². The average molecular weight is 235 g/mol. The van der Waals surface area contributed by atoms with Crippen LogP contribution < -0.4 is 5.32 Å². The fourth-order valence-electron chi connectivity index (χ4n) is 2.58. The number of aromatic hydroxyl groups is 1. The maximum atomic E-state index is 9.76. The van der Waals surface area contributed by atoms with Crippen LogP contribution in [-0.2, 0) is 6.54 Å². The molecule has 3 heteroatoms. The van der Waals surface area contributed by atoms with Crippen molar-refractivity contribution in [1.29, 1.82) is 0 Å². The zero-order chi connectivity index (χ0) is 12.3. The molecule has 0 heterocycles. The van der Waals surface area contributed by atoms with Crippen molar-refractivity contribution in [1.82, 2.24) is 5.32 Å². The first kappa shape index (κ1) is 12.4. The minimum absolute atomic E-state index is 0.129. The number of aliphatic hydroxyl groups excluding tert-OH is 1. The number of aliphatic hydroxyl groups is 1. The van der Waals surface area contributed by atoms with Crippen LogP contribution in [-0.4, -0.2) is 22.4 Å². The SMILES string of the molecule is Cc1ccc(O)c(CNC2(CO)CCCC2)c1. The molecular formula is C14H21NO2. The van der Waals surface area contributed by atoms with Gasteiger partial charge >= 0.3 is 0 Å². The van der Waals surface area contributed by atoms with E-state index in [4.69, 9.17) is 0 Å². The maximum Gasteiger partial charge on any atom is 0.120 e. The van der Waals surface area contributed by atoms with Gasteiger partial charge in [0.2, 0.25) is 0 Å². The molecule has 1 saturated carbocycles. The van der Waals surface area contributed by atoms with E-state index < -0.39 is 0 Å². The standard InChI is InChI=1S/C14H21NO2/c1-11-4-5-13(17)12(8-11)9-15-14(10-16)6-2-3-7-14/h4-5,8,15-17H,2-3,6-7,9-10H2,1H3. The van der Waals surface area contributed by atoms with Gasteiger partial charge in [-0.15, -0.1) is 0 Å². The molecule has 0 atom stereocenters. The molecule has 0 aromatic heterocycles. The molecule has 0 amide bonds. The molecule has 0 spiro atoms. The molecule has 0 saturated heterocycles. The highest BCUT2D eigenvalue weighted by Crippen LogP contribution is 2.30. The lowest BCUT2D eigenvalue weighted by Crippen LogP contribution is -2.45. The molecule has 3 nitrogen and oxygen atoms in total. The Labute approximate surface area is 102 Å². The van der Waals surface area contributed by atoms with Gasteiger partial charge in [-0.05, 0) is 25.8 Å². The predicted octanol–water partition coefficient (Wildman–Crippen LogP) is 2.10. The Bertz CT molecular complexity index is 384. The first-order valence-corrected chi connectivity index (χ1v) is 6.30. The number of benzene rings is 1. The Kier molecular flexibility index (Phi) is 3.69. The monoisotopic (exact) mass is 235 g/mol. The zero-order valence-electron chi connectivity index (χ0n) is 10.4.